The second-order valence-electron chi connectivity index (χ2n) is 8.81. The quantitative estimate of drug-likeness (QED) is 0.506. The van der Waals surface area contributed by atoms with Crippen molar-refractivity contribution < 1.29 is 33.3 Å². The Morgan fingerprint density at radius 1 is 1.09 bits per heavy atom. The Labute approximate surface area is 207 Å². The first-order valence-electron chi connectivity index (χ1n) is 11.6. The normalized spacial score (nSPS) is 21.9. The number of fused-ring (bicyclic) bond motifs is 2. The summed E-state index contributed by atoms with van der Waals surface area (Å²) in [6.07, 6.45) is 3.30. The summed E-state index contributed by atoms with van der Waals surface area (Å²) in [5, 5.41) is 9.32. The second kappa shape index (κ2) is 11.1. The van der Waals surface area contributed by atoms with Crippen molar-refractivity contribution in [2.24, 2.45) is 5.73 Å². The molecule has 2 bridgehead atoms. The van der Waals surface area contributed by atoms with Crippen LogP contribution in [0.3, 0.4) is 0 Å². The molecule has 0 spiro atoms. The number of nitrogens with zero attached hydrogens (tertiary/aromatic N) is 1. The molecule has 2 fully saturated rings. The molecule has 1 unspecified atom stereocenters. The lowest BCUT2D eigenvalue weighted by Gasteiger charge is -2.38. The van der Waals surface area contributed by atoms with Gasteiger partial charge in [0, 0.05) is 42.4 Å². The summed E-state index contributed by atoms with van der Waals surface area (Å²) in [4.78, 5) is 25.8. The first-order valence-corrected chi connectivity index (χ1v) is 11.9. The van der Waals surface area contributed by atoms with Gasteiger partial charge in [-0.05, 0) is 49.2 Å². The number of benzene rings is 2. The maximum Gasteiger partial charge on any atom is 0.320 e. The zero-order valence-electron chi connectivity index (χ0n) is 19.1. The number of amides is 1. The average molecular weight is 507 g/mol. The molecular formula is C25H28ClFN2O6. The van der Waals surface area contributed by atoms with E-state index in [1.54, 1.807) is 30.3 Å². The van der Waals surface area contributed by atoms with E-state index < -0.39 is 12.0 Å². The standard InChI is InChI=1S/C25H28ClFN2O6/c26-15-1-8-22(23(11-15)33-10-9-21(28)25(31)32)34-14-24(30)29-17-4-5-18(29)13-20(12-17)35-19-6-2-16(27)3-7-19/h1-3,6-8,11,17-18,20-21H,4-5,9-10,12-14,28H2,(H,31,32)/t17-,18+,20?,21-/m0/s1. The number of hydrogen-bond acceptors (Lipinski definition) is 6. The zero-order chi connectivity index (χ0) is 24.9. The molecule has 0 aromatic heterocycles. The van der Waals surface area contributed by atoms with E-state index in [-0.39, 0.29) is 49.5 Å². The predicted molar refractivity (Wildman–Crippen MR) is 126 cm³/mol. The van der Waals surface area contributed by atoms with Crippen LogP contribution >= 0.6 is 11.6 Å². The maximum absolute atomic E-state index is 13.1. The van der Waals surface area contributed by atoms with Crippen molar-refractivity contribution in [3.63, 3.8) is 0 Å². The lowest BCUT2D eigenvalue weighted by atomic mass is 9.99. The Hall–Kier alpha value is -3.04. The van der Waals surface area contributed by atoms with Crippen LogP contribution in [0, 0.1) is 5.82 Å². The number of aliphatic carboxylic acids is 1. The summed E-state index contributed by atoms with van der Waals surface area (Å²) in [6.45, 7) is -0.104. The van der Waals surface area contributed by atoms with Gasteiger partial charge in [-0.2, -0.15) is 0 Å². The highest BCUT2D eigenvalue weighted by Crippen LogP contribution is 2.38. The second-order valence-corrected chi connectivity index (χ2v) is 9.25. The van der Waals surface area contributed by atoms with Crippen LogP contribution in [0.2, 0.25) is 5.02 Å². The van der Waals surface area contributed by atoms with E-state index >= 15 is 0 Å². The number of carboxylic acids is 1. The molecule has 3 N–H and O–H groups in total. The molecule has 2 saturated heterocycles. The van der Waals surface area contributed by atoms with Gasteiger partial charge in [-0.25, -0.2) is 4.39 Å². The molecule has 188 valence electrons. The highest BCUT2D eigenvalue weighted by Gasteiger charge is 2.44. The van der Waals surface area contributed by atoms with Crippen LogP contribution in [0.5, 0.6) is 17.2 Å². The van der Waals surface area contributed by atoms with Crippen LogP contribution in [0.15, 0.2) is 42.5 Å². The molecule has 4 rings (SSSR count). The van der Waals surface area contributed by atoms with Gasteiger partial charge in [0.25, 0.3) is 5.91 Å². The lowest BCUT2D eigenvalue weighted by molar-refractivity contribution is -0.140. The minimum absolute atomic E-state index is 0.0311. The Morgan fingerprint density at radius 3 is 2.43 bits per heavy atom. The van der Waals surface area contributed by atoms with Gasteiger partial charge < -0.3 is 30.0 Å². The number of nitrogens with two attached hydrogens (primary N) is 1. The largest absolute Gasteiger partial charge is 0.490 e. The van der Waals surface area contributed by atoms with Crippen LogP contribution in [0.25, 0.3) is 0 Å². The Balaban J connectivity index is 1.32. The SMILES string of the molecule is N[C@@H](CCOc1cc(Cl)ccc1OCC(=O)N1[C@@H]2CC[C@H]1CC(Oc1ccc(F)cc1)C2)C(=O)O. The molecule has 2 aliphatic rings. The molecule has 0 radical (unpaired) electrons. The Morgan fingerprint density at radius 2 is 1.77 bits per heavy atom. The molecule has 2 aromatic carbocycles. The topological polar surface area (TPSA) is 111 Å². The third-order valence-corrected chi connectivity index (χ3v) is 6.59. The summed E-state index contributed by atoms with van der Waals surface area (Å²) in [5.74, 6) is -0.255. The molecule has 10 heteroatoms. The summed E-state index contributed by atoms with van der Waals surface area (Å²) in [7, 11) is 0. The number of hydrogen-bond donors (Lipinski definition) is 2. The van der Waals surface area contributed by atoms with Gasteiger partial charge in [0.1, 0.15) is 23.7 Å². The molecular weight excluding hydrogens is 479 g/mol. The van der Waals surface area contributed by atoms with Gasteiger partial charge in [-0.15, -0.1) is 0 Å². The number of rotatable bonds is 10. The van der Waals surface area contributed by atoms with E-state index in [2.05, 4.69) is 0 Å². The van der Waals surface area contributed by atoms with Crippen molar-refractivity contribution >= 4 is 23.5 Å². The number of carbonyl (C=O) groups is 2. The van der Waals surface area contributed by atoms with E-state index in [0.29, 0.717) is 35.1 Å². The zero-order valence-corrected chi connectivity index (χ0v) is 19.8. The molecule has 4 atom stereocenters. The number of carboxylic acid groups (broad SMARTS) is 1. The molecule has 35 heavy (non-hydrogen) atoms. The van der Waals surface area contributed by atoms with Crippen LogP contribution in [0.4, 0.5) is 4.39 Å². The first kappa shape index (κ1) is 25.1. The van der Waals surface area contributed by atoms with Crippen molar-refractivity contribution in [1.82, 2.24) is 4.90 Å². The summed E-state index contributed by atoms with van der Waals surface area (Å²) in [5.41, 5.74) is 5.51. The van der Waals surface area contributed by atoms with Crippen molar-refractivity contribution in [2.75, 3.05) is 13.2 Å². The molecule has 0 aliphatic carbocycles. The van der Waals surface area contributed by atoms with Gasteiger partial charge in [0.2, 0.25) is 0 Å². The lowest BCUT2D eigenvalue weighted by Crippen LogP contribution is -2.50. The van der Waals surface area contributed by atoms with Gasteiger partial charge in [-0.1, -0.05) is 11.6 Å². The van der Waals surface area contributed by atoms with E-state index in [0.717, 1.165) is 12.8 Å². The fraction of sp³-hybridized carbons (Fsp3) is 0.440. The molecule has 2 aromatic rings. The summed E-state index contributed by atoms with van der Waals surface area (Å²) < 4.78 is 30.6. The van der Waals surface area contributed by atoms with Crippen LogP contribution in [0.1, 0.15) is 32.1 Å². The third-order valence-electron chi connectivity index (χ3n) is 6.35. The van der Waals surface area contributed by atoms with Gasteiger partial charge in [0.15, 0.2) is 18.1 Å². The van der Waals surface area contributed by atoms with Crippen molar-refractivity contribution in [3.05, 3.63) is 53.3 Å². The van der Waals surface area contributed by atoms with Crippen LogP contribution < -0.4 is 19.9 Å². The number of halogens is 2. The average Bonchev–Trinajstić information content (AvgIpc) is 3.10. The van der Waals surface area contributed by atoms with E-state index in [9.17, 15) is 14.0 Å². The maximum atomic E-state index is 13.1. The summed E-state index contributed by atoms with van der Waals surface area (Å²) in [6, 6.07) is 9.85. The molecule has 1 amide bonds. The highest BCUT2D eigenvalue weighted by molar-refractivity contribution is 6.30. The van der Waals surface area contributed by atoms with Gasteiger partial charge in [0.05, 0.1) is 6.61 Å². The third kappa shape index (κ3) is 6.35. The number of piperidine rings is 1. The van der Waals surface area contributed by atoms with Crippen molar-refractivity contribution in [3.8, 4) is 17.2 Å². The van der Waals surface area contributed by atoms with Crippen molar-refractivity contribution in [1.29, 1.82) is 0 Å². The van der Waals surface area contributed by atoms with E-state index in [1.165, 1.54) is 12.1 Å². The van der Waals surface area contributed by atoms with Crippen LogP contribution in [-0.4, -0.2) is 59.3 Å². The van der Waals surface area contributed by atoms with E-state index in [4.69, 9.17) is 36.7 Å². The monoisotopic (exact) mass is 506 g/mol. The summed E-state index contributed by atoms with van der Waals surface area (Å²) >= 11 is 6.06. The number of carbonyl (C=O) groups excluding carboxylic acids is 1. The fourth-order valence-corrected chi connectivity index (χ4v) is 4.85. The van der Waals surface area contributed by atoms with Crippen LogP contribution in [-0.2, 0) is 9.59 Å². The first-order chi connectivity index (χ1) is 16.8. The molecule has 0 saturated carbocycles. The van der Waals surface area contributed by atoms with E-state index in [1.807, 2.05) is 4.90 Å². The predicted octanol–water partition coefficient (Wildman–Crippen LogP) is 3.64. The molecule has 2 heterocycles. The Kier molecular flexibility index (Phi) is 7.97. The fourth-order valence-electron chi connectivity index (χ4n) is 4.68. The minimum atomic E-state index is -1.11. The van der Waals surface area contributed by atoms with Gasteiger partial charge >= 0.3 is 5.97 Å². The molecule has 2 aliphatic heterocycles. The number of ether oxygens (including phenoxy) is 3. The Bertz CT molecular complexity index is 1040. The van der Waals surface area contributed by atoms with Gasteiger partial charge in [-0.3, -0.25) is 9.59 Å². The molecule has 8 nitrogen and oxygen atoms in total. The highest BCUT2D eigenvalue weighted by atomic mass is 35.5. The minimum Gasteiger partial charge on any atom is -0.490 e. The smallest absolute Gasteiger partial charge is 0.320 e. The van der Waals surface area contributed by atoms with Crippen molar-refractivity contribution in [2.45, 2.75) is 56.3 Å².